The van der Waals surface area contributed by atoms with Crippen LogP contribution in [0.2, 0.25) is 5.15 Å². The molecule has 28 heavy (non-hydrogen) atoms. The van der Waals surface area contributed by atoms with E-state index in [1.165, 1.54) is 13.4 Å². The number of anilines is 1. The molecule has 3 amide bonds. The van der Waals surface area contributed by atoms with Crippen molar-refractivity contribution in [2.24, 2.45) is 5.92 Å². The van der Waals surface area contributed by atoms with Gasteiger partial charge in [-0.2, -0.15) is 0 Å². The molecule has 1 aliphatic rings. The summed E-state index contributed by atoms with van der Waals surface area (Å²) in [5.74, 6) is -1.07. The lowest BCUT2D eigenvalue weighted by atomic mass is 9.85. The number of imidazole rings is 1. The Morgan fingerprint density at radius 1 is 1.14 bits per heavy atom. The van der Waals surface area contributed by atoms with Gasteiger partial charge in [0.25, 0.3) is 11.8 Å². The molecule has 0 radical (unpaired) electrons. The van der Waals surface area contributed by atoms with Crippen molar-refractivity contribution in [3.63, 3.8) is 0 Å². The van der Waals surface area contributed by atoms with Crippen LogP contribution in [0.4, 0.5) is 5.69 Å². The summed E-state index contributed by atoms with van der Waals surface area (Å²) in [5.41, 5.74) is 0.678. The molecule has 0 aromatic carbocycles. The molecular weight excluding hydrogens is 384 g/mol. The van der Waals surface area contributed by atoms with E-state index < -0.39 is 11.8 Å². The fourth-order valence-electron chi connectivity index (χ4n) is 3.23. The van der Waals surface area contributed by atoms with Gasteiger partial charge in [0.1, 0.15) is 5.69 Å². The average molecular weight is 405 g/mol. The number of aromatic amines is 1. The van der Waals surface area contributed by atoms with Crippen LogP contribution in [-0.4, -0.2) is 45.8 Å². The Bertz CT molecular complexity index is 876. The highest BCUT2D eigenvalue weighted by atomic mass is 35.5. The lowest BCUT2D eigenvalue weighted by Crippen LogP contribution is -2.40. The Kier molecular flexibility index (Phi) is 6.25. The minimum absolute atomic E-state index is 0.0606. The number of amides is 3. The van der Waals surface area contributed by atoms with Gasteiger partial charge in [-0.1, -0.05) is 11.6 Å². The SMILES string of the molecule is CNC(=O)c1[nH]cnc1C(=O)NC1CCC(C(=O)Nc2cccnc2Cl)CC1. The maximum absolute atomic E-state index is 12.4. The van der Waals surface area contributed by atoms with E-state index in [0.29, 0.717) is 31.4 Å². The molecule has 0 spiro atoms. The number of hydrogen-bond acceptors (Lipinski definition) is 5. The fourth-order valence-corrected chi connectivity index (χ4v) is 3.40. The van der Waals surface area contributed by atoms with Crippen LogP contribution in [0.5, 0.6) is 0 Å². The van der Waals surface area contributed by atoms with Crippen molar-refractivity contribution >= 4 is 35.0 Å². The van der Waals surface area contributed by atoms with Crippen molar-refractivity contribution in [2.45, 2.75) is 31.7 Å². The summed E-state index contributed by atoms with van der Waals surface area (Å²) in [5, 5.41) is 8.41. The Morgan fingerprint density at radius 3 is 2.57 bits per heavy atom. The smallest absolute Gasteiger partial charge is 0.272 e. The molecule has 1 saturated carbocycles. The molecule has 4 N–H and O–H groups in total. The van der Waals surface area contributed by atoms with Gasteiger partial charge in [-0.25, -0.2) is 9.97 Å². The van der Waals surface area contributed by atoms with E-state index >= 15 is 0 Å². The van der Waals surface area contributed by atoms with Crippen molar-refractivity contribution in [2.75, 3.05) is 12.4 Å². The van der Waals surface area contributed by atoms with Crippen LogP contribution >= 0.6 is 11.6 Å². The van der Waals surface area contributed by atoms with Crippen LogP contribution in [0.25, 0.3) is 0 Å². The highest BCUT2D eigenvalue weighted by Crippen LogP contribution is 2.27. The number of nitrogens with zero attached hydrogens (tertiary/aromatic N) is 2. The van der Waals surface area contributed by atoms with E-state index in [1.54, 1.807) is 18.3 Å². The summed E-state index contributed by atoms with van der Waals surface area (Å²) < 4.78 is 0. The number of halogens is 1. The number of H-pyrrole nitrogens is 1. The predicted octanol–water partition coefficient (Wildman–Crippen LogP) is 1.74. The van der Waals surface area contributed by atoms with Gasteiger partial charge in [-0.05, 0) is 37.8 Å². The minimum atomic E-state index is -0.408. The largest absolute Gasteiger partial charge is 0.354 e. The molecule has 0 saturated heterocycles. The molecule has 1 aliphatic carbocycles. The van der Waals surface area contributed by atoms with Crippen molar-refractivity contribution < 1.29 is 14.4 Å². The summed E-state index contributed by atoms with van der Waals surface area (Å²) in [6.07, 6.45) is 5.45. The molecule has 0 unspecified atom stereocenters. The molecule has 0 aliphatic heterocycles. The van der Waals surface area contributed by atoms with Crippen LogP contribution in [0.3, 0.4) is 0 Å². The van der Waals surface area contributed by atoms with Crippen molar-refractivity contribution in [3.05, 3.63) is 41.2 Å². The molecule has 1 fully saturated rings. The van der Waals surface area contributed by atoms with Crippen LogP contribution in [0.15, 0.2) is 24.7 Å². The summed E-state index contributed by atoms with van der Waals surface area (Å²) >= 11 is 5.97. The second kappa shape index (κ2) is 8.83. The Labute approximate surface area is 166 Å². The van der Waals surface area contributed by atoms with E-state index in [9.17, 15) is 14.4 Å². The quantitative estimate of drug-likeness (QED) is 0.564. The molecule has 2 aromatic heterocycles. The highest BCUT2D eigenvalue weighted by molar-refractivity contribution is 6.32. The fraction of sp³-hybridized carbons (Fsp3) is 0.389. The first-order valence-corrected chi connectivity index (χ1v) is 9.35. The molecule has 0 bridgehead atoms. The first kappa shape index (κ1) is 19.8. The zero-order chi connectivity index (χ0) is 20.1. The lowest BCUT2D eigenvalue weighted by molar-refractivity contribution is -0.120. The minimum Gasteiger partial charge on any atom is -0.354 e. The average Bonchev–Trinajstić information content (AvgIpc) is 3.19. The first-order valence-electron chi connectivity index (χ1n) is 8.97. The van der Waals surface area contributed by atoms with Crippen LogP contribution in [0.1, 0.15) is 46.7 Å². The van der Waals surface area contributed by atoms with Crippen LogP contribution in [0, 0.1) is 5.92 Å². The standard InChI is InChI=1S/C18H21ClN6O3/c1-20-17(27)13-14(23-9-22-13)18(28)24-11-6-4-10(5-7-11)16(26)25-12-3-2-8-21-15(12)19/h2-3,8-11H,4-7H2,1H3,(H,20,27)(H,22,23)(H,24,28)(H,25,26). The molecule has 10 heteroatoms. The van der Waals surface area contributed by atoms with Gasteiger partial charge in [0, 0.05) is 25.2 Å². The Hall–Kier alpha value is -2.94. The number of hydrogen-bond donors (Lipinski definition) is 4. The van der Waals surface area contributed by atoms with Gasteiger partial charge >= 0.3 is 0 Å². The van der Waals surface area contributed by atoms with Gasteiger partial charge in [-0.15, -0.1) is 0 Å². The summed E-state index contributed by atoms with van der Waals surface area (Å²) in [4.78, 5) is 47.2. The highest BCUT2D eigenvalue weighted by Gasteiger charge is 2.29. The molecule has 3 rings (SSSR count). The molecule has 0 atom stereocenters. The molecule has 2 aromatic rings. The van der Waals surface area contributed by atoms with E-state index in [1.807, 2.05) is 0 Å². The monoisotopic (exact) mass is 404 g/mol. The molecular formula is C18H21ClN6O3. The van der Waals surface area contributed by atoms with E-state index in [-0.39, 0.29) is 34.4 Å². The lowest BCUT2D eigenvalue weighted by Gasteiger charge is -2.28. The van der Waals surface area contributed by atoms with E-state index in [0.717, 1.165) is 0 Å². The number of carbonyl (C=O) groups is 3. The van der Waals surface area contributed by atoms with Crippen molar-refractivity contribution in [1.29, 1.82) is 0 Å². The van der Waals surface area contributed by atoms with Gasteiger partial charge in [0.2, 0.25) is 5.91 Å². The third-order valence-corrected chi connectivity index (χ3v) is 5.06. The van der Waals surface area contributed by atoms with Gasteiger partial charge in [-0.3, -0.25) is 14.4 Å². The molecule has 2 heterocycles. The van der Waals surface area contributed by atoms with Crippen LogP contribution in [-0.2, 0) is 4.79 Å². The first-order chi connectivity index (χ1) is 13.5. The normalized spacial score (nSPS) is 18.9. The van der Waals surface area contributed by atoms with Gasteiger partial charge < -0.3 is 20.9 Å². The summed E-state index contributed by atoms with van der Waals surface area (Å²) in [7, 11) is 1.48. The van der Waals surface area contributed by atoms with Gasteiger partial charge in [0.05, 0.1) is 12.0 Å². The number of carbonyl (C=O) groups excluding carboxylic acids is 3. The summed E-state index contributed by atoms with van der Waals surface area (Å²) in [6.45, 7) is 0. The Balaban J connectivity index is 1.52. The maximum Gasteiger partial charge on any atom is 0.272 e. The number of aromatic nitrogens is 3. The second-order valence-corrected chi connectivity index (χ2v) is 6.92. The molecule has 148 valence electrons. The number of rotatable bonds is 5. The van der Waals surface area contributed by atoms with E-state index in [4.69, 9.17) is 11.6 Å². The zero-order valence-corrected chi connectivity index (χ0v) is 16.0. The summed E-state index contributed by atoms with van der Waals surface area (Å²) in [6, 6.07) is 3.33. The van der Waals surface area contributed by atoms with Crippen LogP contribution < -0.4 is 16.0 Å². The van der Waals surface area contributed by atoms with Crippen molar-refractivity contribution in [3.8, 4) is 0 Å². The maximum atomic E-state index is 12.4. The second-order valence-electron chi connectivity index (χ2n) is 6.56. The molecule has 9 nitrogen and oxygen atoms in total. The Morgan fingerprint density at radius 2 is 1.89 bits per heavy atom. The third-order valence-electron chi connectivity index (χ3n) is 4.76. The van der Waals surface area contributed by atoms with Crippen molar-refractivity contribution in [1.82, 2.24) is 25.6 Å². The number of nitrogens with one attached hydrogen (secondary N) is 4. The zero-order valence-electron chi connectivity index (χ0n) is 15.3. The number of pyridine rings is 1. The predicted molar refractivity (Wildman–Crippen MR) is 103 cm³/mol. The van der Waals surface area contributed by atoms with Gasteiger partial charge in [0.15, 0.2) is 10.8 Å². The third kappa shape index (κ3) is 4.48. The topological polar surface area (TPSA) is 129 Å². The van der Waals surface area contributed by atoms with E-state index in [2.05, 4.69) is 30.9 Å².